The molecule has 0 fully saturated rings. The molecule has 0 aromatic rings. The minimum Gasteiger partial charge on any atom is -0.356 e. The lowest BCUT2D eigenvalue weighted by Gasteiger charge is -2.12. The molecule has 0 spiro atoms. The Labute approximate surface area is 127 Å². The highest BCUT2D eigenvalue weighted by Gasteiger charge is 2.09. The largest absolute Gasteiger partial charge is 0.356 e. The van der Waals surface area contributed by atoms with Gasteiger partial charge in [-0.15, -0.1) is 6.42 Å². The fourth-order valence-corrected chi connectivity index (χ4v) is 1.65. The molecule has 6 heteroatoms. The van der Waals surface area contributed by atoms with E-state index in [9.17, 15) is 9.59 Å². The normalized spacial score (nSPS) is 11.5. The van der Waals surface area contributed by atoms with Crippen molar-refractivity contribution in [3.05, 3.63) is 0 Å². The Morgan fingerprint density at radius 2 is 2.00 bits per heavy atom. The summed E-state index contributed by atoms with van der Waals surface area (Å²) in [4.78, 5) is 22.8. The number of hydrogen-bond acceptors (Lipinski definition) is 4. The Balaban J connectivity index is 3.74. The van der Waals surface area contributed by atoms with E-state index in [0.717, 1.165) is 25.7 Å². The average molecular weight is 297 g/mol. The number of rotatable bonds is 12. The third-order valence-corrected chi connectivity index (χ3v) is 2.83. The lowest BCUT2D eigenvalue weighted by atomic mass is 10.1. The van der Waals surface area contributed by atoms with Crippen LogP contribution in [-0.2, 0) is 14.3 Å². The van der Waals surface area contributed by atoms with E-state index in [-0.39, 0.29) is 31.1 Å². The predicted octanol–water partition coefficient (Wildman–Crippen LogP) is 0.166. The van der Waals surface area contributed by atoms with Gasteiger partial charge in [0.05, 0.1) is 6.54 Å². The zero-order valence-corrected chi connectivity index (χ0v) is 12.8. The summed E-state index contributed by atoms with van der Waals surface area (Å²) in [7, 11) is 0. The standard InChI is InChI=1S/C15H27N3O3/c1-3-5-6-7-8-13(4-2)21-12-15(20)18-11-14(19)17-10-9-16/h2,13H,3,5-12,16H2,1H3,(H,17,19)(H,18,20). The van der Waals surface area contributed by atoms with Gasteiger partial charge in [-0.25, -0.2) is 0 Å². The van der Waals surface area contributed by atoms with E-state index < -0.39 is 0 Å². The maximum absolute atomic E-state index is 11.5. The molecule has 0 aliphatic heterocycles. The van der Waals surface area contributed by atoms with Crippen molar-refractivity contribution in [3.63, 3.8) is 0 Å². The Morgan fingerprint density at radius 1 is 1.24 bits per heavy atom. The highest BCUT2D eigenvalue weighted by atomic mass is 16.5. The van der Waals surface area contributed by atoms with Crippen LogP contribution < -0.4 is 16.4 Å². The van der Waals surface area contributed by atoms with Crippen LogP contribution in [0, 0.1) is 12.3 Å². The maximum Gasteiger partial charge on any atom is 0.246 e. The van der Waals surface area contributed by atoms with Gasteiger partial charge in [-0.3, -0.25) is 9.59 Å². The molecule has 0 radical (unpaired) electrons. The number of nitrogens with one attached hydrogen (secondary N) is 2. The third-order valence-electron chi connectivity index (χ3n) is 2.83. The number of amides is 2. The minimum absolute atomic E-state index is 0.0839. The Morgan fingerprint density at radius 3 is 2.62 bits per heavy atom. The number of ether oxygens (including phenoxy) is 1. The van der Waals surface area contributed by atoms with Crippen LogP contribution in [0.2, 0.25) is 0 Å². The van der Waals surface area contributed by atoms with Crippen molar-refractivity contribution in [1.29, 1.82) is 0 Å². The second-order valence-electron chi connectivity index (χ2n) is 4.73. The van der Waals surface area contributed by atoms with Gasteiger partial charge in [0.15, 0.2) is 0 Å². The average Bonchev–Trinajstić information content (AvgIpc) is 2.50. The first kappa shape index (κ1) is 19.4. The van der Waals surface area contributed by atoms with Gasteiger partial charge < -0.3 is 21.1 Å². The summed E-state index contributed by atoms with van der Waals surface area (Å²) in [6.07, 6.45) is 10.2. The van der Waals surface area contributed by atoms with Gasteiger partial charge in [-0.1, -0.05) is 32.1 Å². The highest BCUT2D eigenvalue weighted by Crippen LogP contribution is 2.07. The van der Waals surface area contributed by atoms with Gasteiger partial charge in [0, 0.05) is 13.1 Å². The molecule has 21 heavy (non-hydrogen) atoms. The zero-order valence-electron chi connectivity index (χ0n) is 12.8. The summed E-state index contributed by atoms with van der Waals surface area (Å²) >= 11 is 0. The smallest absolute Gasteiger partial charge is 0.246 e. The highest BCUT2D eigenvalue weighted by molar-refractivity contribution is 5.85. The minimum atomic E-state index is -0.355. The topological polar surface area (TPSA) is 93.4 Å². The van der Waals surface area contributed by atoms with Crippen LogP contribution in [0.25, 0.3) is 0 Å². The molecule has 1 atom stereocenters. The summed E-state index contributed by atoms with van der Waals surface area (Å²) in [5, 5.41) is 5.01. The van der Waals surface area contributed by atoms with Gasteiger partial charge in [0.25, 0.3) is 0 Å². The molecule has 0 aliphatic carbocycles. The van der Waals surface area contributed by atoms with Crippen LogP contribution in [0.5, 0.6) is 0 Å². The molecule has 0 rings (SSSR count). The van der Waals surface area contributed by atoms with Crippen LogP contribution >= 0.6 is 0 Å². The molecule has 6 nitrogen and oxygen atoms in total. The van der Waals surface area contributed by atoms with E-state index in [1.807, 2.05) is 0 Å². The lowest BCUT2D eigenvalue weighted by molar-refractivity contribution is -0.129. The Hall–Kier alpha value is -1.58. The van der Waals surface area contributed by atoms with Crippen molar-refractivity contribution in [2.24, 2.45) is 5.73 Å². The number of nitrogens with two attached hydrogens (primary N) is 1. The van der Waals surface area contributed by atoms with E-state index in [1.54, 1.807) is 0 Å². The SMILES string of the molecule is C#CC(CCCCCC)OCC(=O)NCC(=O)NCCN. The van der Waals surface area contributed by atoms with Crippen LogP contribution in [0.1, 0.15) is 39.0 Å². The lowest BCUT2D eigenvalue weighted by Crippen LogP contribution is -2.40. The fraction of sp³-hybridized carbons (Fsp3) is 0.733. The van der Waals surface area contributed by atoms with Gasteiger partial charge in [0.2, 0.25) is 11.8 Å². The van der Waals surface area contributed by atoms with Crippen molar-refractivity contribution in [2.45, 2.75) is 45.1 Å². The molecule has 0 saturated heterocycles. The summed E-state index contributed by atoms with van der Waals surface area (Å²) in [5.41, 5.74) is 5.25. The van der Waals surface area contributed by atoms with E-state index in [1.165, 1.54) is 6.42 Å². The van der Waals surface area contributed by atoms with Crippen LogP contribution in [0.4, 0.5) is 0 Å². The summed E-state index contributed by atoms with van der Waals surface area (Å²) in [5.74, 6) is 1.90. The first-order chi connectivity index (χ1) is 10.1. The van der Waals surface area contributed by atoms with Crippen molar-refractivity contribution in [3.8, 4) is 12.3 Å². The number of carbonyl (C=O) groups is 2. The van der Waals surface area contributed by atoms with Crippen LogP contribution in [0.3, 0.4) is 0 Å². The van der Waals surface area contributed by atoms with E-state index in [0.29, 0.717) is 13.1 Å². The second kappa shape index (κ2) is 13.4. The first-order valence-electron chi connectivity index (χ1n) is 7.45. The fourth-order valence-electron chi connectivity index (χ4n) is 1.65. The molecule has 0 heterocycles. The predicted molar refractivity (Wildman–Crippen MR) is 82.4 cm³/mol. The molecule has 1 unspecified atom stereocenters. The number of hydrogen-bond donors (Lipinski definition) is 3. The quantitative estimate of drug-likeness (QED) is 0.353. The molecule has 0 saturated carbocycles. The molecular formula is C15H27N3O3. The molecule has 0 bridgehead atoms. The molecule has 120 valence electrons. The van der Waals surface area contributed by atoms with Crippen molar-refractivity contribution < 1.29 is 14.3 Å². The second-order valence-corrected chi connectivity index (χ2v) is 4.73. The third kappa shape index (κ3) is 11.9. The van der Waals surface area contributed by atoms with Crippen molar-refractivity contribution in [1.82, 2.24) is 10.6 Å². The summed E-state index contributed by atoms with van der Waals surface area (Å²) in [6.45, 7) is 2.68. The van der Waals surface area contributed by atoms with Gasteiger partial charge in [-0.05, 0) is 12.8 Å². The van der Waals surface area contributed by atoms with Crippen molar-refractivity contribution in [2.75, 3.05) is 26.2 Å². The maximum atomic E-state index is 11.5. The molecule has 0 aromatic heterocycles. The summed E-state index contributed by atoms with van der Waals surface area (Å²) in [6, 6.07) is 0. The molecule has 0 aliphatic rings. The number of unbranched alkanes of at least 4 members (excludes halogenated alkanes) is 3. The van der Waals surface area contributed by atoms with E-state index in [4.69, 9.17) is 16.9 Å². The first-order valence-corrected chi connectivity index (χ1v) is 7.45. The molecule has 0 aromatic carbocycles. The number of terminal acetylenes is 1. The van der Waals surface area contributed by atoms with E-state index >= 15 is 0 Å². The number of carbonyl (C=O) groups excluding carboxylic acids is 2. The van der Waals surface area contributed by atoms with Crippen LogP contribution in [0.15, 0.2) is 0 Å². The van der Waals surface area contributed by atoms with E-state index in [2.05, 4.69) is 23.5 Å². The van der Waals surface area contributed by atoms with Gasteiger partial charge in [-0.2, -0.15) is 0 Å². The van der Waals surface area contributed by atoms with Gasteiger partial charge >= 0.3 is 0 Å². The Kier molecular flexibility index (Phi) is 12.4. The van der Waals surface area contributed by atoms with Gasteiger partial charge in [0.1, 0.15) is 12.7 Å². The monoisotopic (exact) mass is 297 g/mol. The van der Waals surface area contributed by atoms with Crippen molar-refractivity contribution >= 4 is 11.8 Å². The zero-order chi connectivity index (χ0) is 15.9. The molecule has 4 N–H and O–H groups in total. The molecule has 2 amide bonds. The summed E-state index contributed by atoms with van der Waals surface area (Å²) < 4.78 is 5.35. The Bertz CT molecular complexity index is 340. The van der Waals surface area contributed by atoms with Crippen LogP contribution in [-0.4, -0.2) is 44.2 Å². The molecular weight excluding hydrogens is 270 g/mol.